The van der Waals surface area contributed by atoms with Crippen LogP contribution in [0.5, 0.6) is 0 Å². The summed E-state index contributed by atoms with van der Waals surface area (Å²) in [6.45, 7) is 5.39. The molecule has 0 aromatic carbocycles. The lowest BCUT2D eigenvalue weighted by molar-refractivity contribution is 0.442. The lowest BCUT2D eigenvalue weighted by Gasteiger charge is -2.24. The van der Waals surface area contributed by atoms with Gasteiger partial charge >= 0.3 is 0 Å². The third kappa shape index (κ3) is 1.68. The zero-order valence-electron chi connectivity index (χ0n) is 9.00. The van der Waals surface area contributed by atoms with E-state index in [1.807, 2.05) is 0 Å². The molecule has 0 atom stereocenters. The molecule has 0 aliphatic carbocycles. The van der Waals surface area contributed by atoms with Gasteiger partial charge in [-0.1, -0.05) is 0 Å². The summed E-state index contributed by atoms with van der Waals surface area (Å²) >= 11 is 0. The van der Waals surface area contributed by atoms with E-state index in [2.05, 4.69) is 26.6 Å². The second-order valence-corrected chi connectivity index (χ2v) is 4.47. The molecule has 2 aliphatic heterocycles. The van der Waals surface area contributed by atoms with Crippen molar-refractivity contribution < 1.29 is 0 Å². The van der Waals surface area contributed by atoms with E-state index in [9.17, 15) is 0 Å². The molecule has 0 amide bonds. The highest BCUT2D eigenvalue weighted by Crippen LogP contribution is 2.28. The van der Waals surface area contributed by atoms with Gasteiger partial charge in [-0.3, -0.25) is 4.68 Å². The molecule has 1 fully saturated rings. The smallest absolute Gasteiger partial charge is 0.0557 e. The average Bonchev–Trinajstić information content (AvgIpc) is 2.74. The number of aromatic nitrogens is 2. The van der Waals surface area contributed by atoms with Crippen LogP contribution in [-0.4, -0.2) is 29.4 Å². The maximum atomic E-state index is 4.49. The van der Waals surface area contributed by atoms with E-state index in [-0.39, 0.29) is 0 Å². The molecule has 0 saturated carbocycles. The fourth-order valence-corrected chi connectivity index (χ4v) is 2.68. The highest BCUT2D eigenvalue weighted by Gasteiger charge is 2.22. The van der Waals surface area contributed by atoms with Gasteiger partial charge in [0, 0.05) is 13.1 Å². The SMILES string of the molecule is c1nn2c(c1C1CCNCC1)CNCC2. The molecule has 0 bridgehead atoms. The summed E-state index contributed by atoms with van der Waals surface area (Å²) in [5.74, 6) is 0.731. The molecule has 15 heavy (non-hydrogen) atoms. The summed E-state index contributed by atoms with van der Waals surface area (Å²) in [5.41, 5.74) is 2.91. The summed E-state index contributed by atoms with van der Waals surface area (Å²) in [4.78, 5) is 0. The van der Waals surface area contributed by atoms with E-state index >= 15 is 0 Å². The molecule has 3 heterocycles. The number of fused-ring (bicyclic) bond motifs is 1. The number of hydrogen-bond donors (Lipinski definition) is 2. The molecule has 1 aromatic heterocycles. The van der Waals surface area contributed by atoms with E-state index in [0.717, 1.165) is 38.6 Å². The summed E-state index contributed by atoms with van der Waals surface area (Å²) in [6.07, 6.45) is 4.62. The summed E-state index contributed by atoms with van der Waals surface area (Å²) in [6, 6.07) is 0. The normalized spacial score (nSPS) is 22.7. The highest BCUT2D eigenvalue weighted by atomic mass is 15.3. The van der Waals surface area contributed by atoms with Crippen molar-refractivity contribution in [2.45, 2.75) is 31.8 Å². The van der Waals surface area contributed by atoms with Crippen LogP contribution in [0.2, 0.25) is 0 Å². The van der Waals surface area contributed by atoms with Crippen molar-refractivity contribution >= 4 is 0 Å². The van der Waals surface area contributed by atoms with Gasteiger partial charge in [0.2, 0.25) is 0 Å². The van der Waals surface area contributed by atoms with Crippen LogP contribution in [0.1, 0.15) is 30.0 Å². The van der Waals surface area contributed by atoms with Gasteiger partial charge in [0.05, 0.1) is 18.4 Å². The first kappa shape index (κ1) is 9.36. The van der Waals surface area contributed by atoms with Crippen molar-refractivity contribution in [3.05, 3.63) is 17.5 Å². The maximum absolute atomic E-state index is 4.49. The molecular formula is C11H18N4. The van der Waals surface area contributed by atoms with Crippen LogP contribution in [0.15, 0.2) is 6.20 Å². The summed E-state index contributed by atoms with van der Waals surface area (Å²) in [7, 11) is 0. The molecule has 2 aliphatic rings. The van der Waals surface area contributed by atoms with Crippen LogP contribution >= 0.6 is 0 Å². The molecule has 0 unspecified atom stereocenters. The average molecular weight is 206 g/mol. The van der Waals surface area contributed by atoms with E-state index in [1.54, 1.807) is 0 Å². The second-order valence-electron chi connectivity index (χ2n) is 4.47. The fraction of sp³-hybridized carbons (Fsp3) is 0.727. The number of nitrogens with one attached hydrogen (secondary N) is 2. The van der Waals surface area contributed by atoms with E-state index in [1.165, 1.54) is 24.1 Å². The minimum Gasteiger partial charge on any atom is -0.317 e. The molecule has 4 nitrogen and oxygen atoms in total. The zero-order chi connectivity index (χ0) is 10.1. The molecule has 2 N–H and O–H groups in total. The van der Waals surface area contributed by atoms with Crippen molar-refractivity contribution in [2.75, 3.05) is 19.6 Å². The predicted molar refractivity (Wildman–Crippen MR) is 58.8 cm³/mol. The van der Waals surface area contributed by atoms with Gasteiger partial charge in [-0.15, -0.1) is 0 Å². The fourth-order valence-electron chi connectivity index (χ4n) is 2.68. The van der Waals surface area contributed by atoms with Crippen LogP contribution in [0.3, 0.4) is 0 Å². The quantitative estimate of drug-likeness (QED) is 0.701. The minimum atomic E-state index is 0.731. The van der Waals surface area contributed by atoms with Gasteiger partial charge < -0.3 is 10.6 Å². The van der Waals surface area contributed by atoms with Crippen molar-refractivity contribution in [2.24, 2.45) is 0 Å². The summed E-state index contributed by atoms with van der Waals surface area (Å²) in [5, 5.41) is 11.3. The van der Waals surface area contributed by atoms with E-state index < -0.39 is 0 Å². The molecule has 82 valence electrons. The lowest BCUT2D eigenvalue weighted by atomic mass is 9.90. The van der Waals surface area contributed by atoms with Crippen molar-refractivity contribution in [3.63, 3.8) is 0 Å². The first-order chi connectivity index (χ1) is 7.45. The number of nitrogens with zero attached hydrogens (tertiary/aromatic N) is 2. The molecule has 0 radical (unpaired) electrons. The Labute approximate surface area is 90.0 Å². The Kier molecular flexibility index (Phi) is 2.46. The van der Waals surface area contributed by atoms with Crippen LogP contribution in [-0.2, 0) is 13.1 Å². The Balaban J connectivity index is 1.87. The Hall–Kier alpha value is -0.870. The topological polar surface area (TPSA) is 41.9 Å². The monoisotopic (exact) mass is 206 g/mol. The van der Waals surface area contributed by atoms with Crippen molar-refractivity contribution in [1.29, 1.82) is 0 Å². The van der Waals surface area contributed by atoms with Gasteiger partial charge in [0.25, 0.3) is 0 Å². The van der Waals surface area contributed by atoms with Crippen molar-refractivity contribution in [3.8, 4) is 0 Å². The third-order valence-corrected chi connectivity index (χ3v) is 3.55. The third-order valence-electron chi connectivity index (χ3n) is 3.55. The van der Waals surface area contributed by atoms with Gasteiger partial charge in [0.1, 0.15) is 0 Å². The van der Waals surface area contributed by atoms with Crippen LogP contribution in [0.25, 0.3) is 0 Å². The first-order valence-corrected chi connectivity index (χ1v) is 5.91. The predicted octanol–water partition coefficient (Wildman–Crippen LogP) is 0.453. The van der Waals surface area contributed by atoms with Gasteiger partial charge in [-0.25, -0.2) is 0 Å². The molecule has 1 saturated heterocycles. The molecule has 4 heteroatoms. The Morgan fingerprint density at radius 1 is 1.20 bits per heavy atom. The largest absolute Gasteiger partial charge is 0.317 e. The van der Waals surface area contributed by atoms with Gasteiger partial charge in [0.15, 0.2) is 0 Å². The second kappa shape index (κ2) is 3.94. The number of rotatable bonds is 1. The zero-order valence-corrected chi connectivity index (χ0v) is 9.00. The van der Waals surface area contributed by atoms with Gasteiger partial charge in [-0.05, 0) is 37.4 Å². The molecule has 0 spiro atoms. The summed E-state index contributed by atoms with van der Waals surface area (Å²) < 4.78 is 2.17. The molecule has 1 aromatic rings. The minimum absolute atomic E-state index is 0.731. The van der Waals surface area contributed by atoms with Gasteiger partial charge in [-0.2, -0.15) is 5.10 Å². The highest BCUT2D eigenvalue weighted by molar-refractivity contribution is 5.24. The van der Waals surface area contributed by atoms with Crippen molar-refractivity contribution in [1.82, 2.24) is 20.4 Å². The lowest BCUT2D eigenvalue weighted by Crippen LogP contribution is -2.31. The standard InChI is InChI=1S/C11H18N4/c1-3-12-4-2-9(1)10-7-14-15-6-5-13-8-11(10)15/h7,9,12-13H,1-6,8H2. The van der Waals surface area contributed by atoms with E-state index in [4.69, 9.17) is 0 Å². The van der Waals surface area contributed by atoms with E-state index in [0.29, 0.717) is 0 Å². The van der Waals surface area contributed by atoms with Crippen LogP contribution in [0, 0.1) is 0 Å². The Morgan fingerprint density at radius 2 is 2.07 bits per heavy atom. The van der Waals surface area contributed by atoms with Crippen LogP contribution < -0.4 is 10.6 Å². The maximum Gasteiger partial charge on any atom is 0.0557 e. The number of piperidine rings is 1. The Bertz CT molecular complexity index is 338. The molecular weight excluding hydrogens is 188 g/mol. The van der Waals surface area contributed by atoms with Crippen LogP contribution in [0.4, 0.5) is 0 Å². The first-order valence-electron chi connectivity index (χ1n) is 5.91. The number of hydrogen-bond acceptors (Lipinski definition) is 3. The Morgan fingerprint density at radius 3 is 2.93 bits per heavy atom. The molecule has 3 rings (SSSR count).